The average Bonchev–Trinajstić information content (AvgIpc) is 3.19. The van der Waals surface area contributed by atoms with Crippen LogP contribution in [0.4, 0.5) is 0 Å². The van der Waals surface area contributed by atoms with Crippen LogP contribution in [0, 0.1) is 5.92 Å². The summed E-state index contributed by atoms with van der Waals surface area (Å²) < 4.78 is 7.75. The molecule has 1 aliphatic heterocycles. The van der Waals surface area contributed by atoms with E-state index in [2.05, 4.69) is 9.55 Å². The molecule has 0 spiro atoms. The van der Waals surface area contributed by atoms with Gasteiger partial charge in [0.05, 0.1) is 6.26 Å². The van der Waals surface area contributed by atoms with Crippen molar-refractivity contribution in [3.8, 4) is 11.6 Å². The van der Waals surface area contributed by atoms with Gasteiger partial charge in [-0.15, -0.1) is 0 Å². The van der Waals surface area contributed by atoms with Gasteiger partial charge in [-0.1, -0.05) is 0 Å². The fraction of sp³-hybridized carbons (Fsp3) is 0.333. The molecule has 0 aromatic carbocycles. The molecule has 4 heterocycles. The third-order valence-electron chi connectivity index (χ3n) is 3.71. The fourth-order valence-electron chi connectivity index (χ4n) is 2.71. The number of imidazole rings is 1. The predicted molar refractivity (Wildman–Crippen MR) is 80.7 cm³/mol. The van der Waals surface area contributed by atoms with E-state index in [1.807, 2.05) is 42.2 Å². The zero-order chi connectivity index (χ0) is 13.4. The molecule has 0 aliphatic carbocycles. The number of hydrogen-bond donors (Lipinski definition) is 0. The Hall–Kier alpha value is -1.75. The smallest absolute Gasteiger partial charge is 0.178 e. The third-order valence-corrected chi connectivity index (χ3v) is 4.94. The van der Waals surface area contributed by atoms with Gasteiger partial charge in [-0.3, -0.25) is 0 Å². The molecule has 0 saturated carbocycles. The highest BCUT2D eigenvalue weighted by Gasteiger charge is 2.21. The van der Waals surface area contributed by atoms with Crippen molar-refractivity contribution in [2.45, 2.75) is 13.0 Å². The molecule has 3 aromatic heterocycles. The highest BCUT2D eigenvalue weighted by Crippen LogP contribution is 2.29. The minimum Gasteiger partial charge on any atom is -0.461 e. The Kier molecular flexibility index (Phi) is 2.99. The molecule has 1 atom stereocenters. The monoisotopic (exact) mass is 285 g/mol. The number of nitrogens with zero attached hydrogens (tertiary/aromatic N) is 3. The van der Waals surface area contributed by atoms with E-state index in [-0.39, 0.29) is 0 Å². The molecule has 0 amide bonds. The van der Waals surface area contributed by atoms with Gasteiger partial charge in [0.25, 0.3) is 0 Å². The van der Waals surface area contributed by atoms with Crippen molar-refractivity contribution < 1.29 is 4.42 Å². The van der Waals surface area contributed by atoms with E-state index < -0.39 is 0 Å². The van der Waals surface area contributed by atoms with Gasteiger partial charge in [0, 0.05) is 12.7 Å². The number of furan rings is 1. The minimum atomic E-state index is 0.702. The van der Waals surface area contributed by atoms with Crippen molar-refractivity contribution in [1.29, 1.82) is 0 Å². The number of rotatable bonds is 3. The first-order chi connectivity index (χ1) is 9.92. The SMILES string of the molecule is c1coc(-c2nc3cccnc3n2CC2CCSC2)c1. The first-order valence-corrected chi connectivity index (χ1v) is 8.00. The van der Waals surface area contributed by atoms with Crippen LogP contribution < -0.4 is 0 Å². The van der Waals surface area contributed by atoms with E-state index in [0.717, 1.165) is 29.3 Å². The molecule has 20 heavy (non-hydrogen) atoms. The van der Waals surface area contributed by atoms with Crippen molar-refractivity contribution in [2.24, 2.45) is 5.92 Å². The summed E-state index contributed by atoms with van der Waals surface area (Å²) in [7, 11) is 0. The summed E-state index contributed by atoms with van der Waals surface area (Å²) in [6.45, 7) is 0.969. The Labute approximate surface area is 121 Å². The van der Waals surface area contributed by atoms with E-state index in [9.17, 15) is 0 Å². The summed E-state index contributed by atoms with van der Waals surface area (Å²) >= 11 is 2.04. The minimum absolute atomic E-state index is 0.702. The number of hydrogen-bond acceptors (Lipinski definition) is 4. The van der Waals surface area contributed by atoms with Gasteiger partial charge in [0.2, 0.25) is 0 Å². The number of fused-ring (bicyclic) bond motifs is 1. The summed E-state index contributed by atoms with van der Waals surface area (Å²) in [4.78, 5) is 9.20. The lowest BCUT2D eigenvalue weighted by Crippen LogP contribution is -2.11. The molecule has 0 bridgehead atoms. The molecule has 1 fully saturated rings. The average molecular weight is 285 g/mol. The number of pyridine rings is 1. The summed E-state index contributed by atoms with van der Waals surface area (Å²) in [5, 5.41) is 0. The van der Waals surface area contributed by atoms with Gasteiger partial charge in [-0.2, -0.15) is 11.8 Å². The van der Waals surface area contributed by atoms with Crippen LogP contribution in [0.15, 0.2) is 41.1 Å². The lowest BCUT2D eigenvalue weighted by molar-refractivity contribution is 0.494. The van der Waals surface area contributed by atoms with Gasteiger partial charge in [-0.25, -0.2) is 9.97 Å². The normalized spacial score (nSPS) is 18.9. The maximum atomic E-state index is 5.54. The molecule has 102 valence electrons. The molecule has 0 N–H and O–H groups in total. The maximum absolute atomic E-state index is 5.54. The second-order valence-corrected chi connectivity index (χ2v) is 6.25. The standard InChI is InChI=1S/C15H15N3OS/c1-3-12-14(16-6-1)18(9-11-5-8-20-10-11)15(17-12)13-4-2-7-19-13/h1-4,6-7,11H,5,8-10H2. The molecule has 1 unspecified atom stereocenters. The van der Waals surface area contributed by atoms with Gasteiger partial charge in [-0.05, 0) is 48.1 Å². The largest absolute Gasteiger partial charge is 0.461 e. The van der Waals surface area contributed by atoms with E-state index in [1.165, 1.54) is 17.9 Å². The molecular weight excluding hydrogens is 270 g/mol. The lowest BCUT2D eigenvalue weighted by atomic mass is 10.1. The van der Waals surface area contributed by atoms with Crippen LogP contribution in [0.25, 0.3) is 22.7 Å². The van der Waals surface area contributed by atoms with Gasteiger partial charge >= 0.3 is 0 Å². The first kappa shape index (κ1) is 12.0. The molecule has 3 aromatic rings. The van der Waals surface area contributed by atoms with Crippen LogP contribution in [0.2, 0.25) is 0 Å². The zero-order valence-electron chi connectivity index (χ0n) is 11.0. The fourth-order valence-corrected chi connectivity index (χ4v) is 3.98. The van der Waals surface area contributed by atoms with Crippen LogP contribution in [-0.2, 0) is 6.54 Å². The summed E-state index contributed by atoms with van der Waals surface area (Å²) in [5.74, 6) is 4.90. The van der Waals surface area contributed by atoms with Gasteiger partial charge in [0.1, 0.15) is 5.52 Å². The molecule has 4 nitrogen and oxygen atoms in total. The Balaban J connectivity index is 1.84. The second kappa shape index (κ2) is 4.98. The highest BCUT2D eigenvalue weighted by molar-refractivity contribution is 7.99. The van der Waals surface area contributed by atoms with Crippen LogP contribution >= 0.6 is 11.8 Å². The Morgan fingerprint density at radius 3 is 3.15 bits per heavy atom. The van der Waals surface area contributed by atoms with Crippen LogP contribution in [0.5, 0.6) is 0 Å². The summed E-state index contributed by atoms with van der Waals surface area (Å²) in [6.07, 6.45) is 4.79. The first-order valence-electron chi connectivity index (χ1n) is 6.85. The van der Waals surface area contributed by atoms with Crippen molar-refractivity contribution in [1.82, 2.24) is 14.5 Å². The Bertz CT molecular complexity index is 714. The molecular formula is C15H15N3OS. The molecule has 5 heteroatoms. The summed E-state index contributed by atoms with van der Waals surface area (Å²) in [5.41, 5.74) is 1.89. The van der Waals surface area contributed by atoms with Gasteiger partial charge < -0.3 is 8.98 Å². The molecule has 4 rings (SSSR count). The van der Waals surface area contributed by atoms with Crippen molar-refractivity contribution in [2.75, 3.05) is 11.5 Å². The van der Waals surface area contributed by atoms with Crippen LogP contribution in [0.3, 0.4) is 0 Å². The van der Waals surface area contributed by atoms with Gasteiger partial charge in [0.15, 0.2) is 17.2 Å². The number of thioether (sulfide) groups is 1. The van der Waals surface area contributed by atoms with Crippen molar-refractivity contribution in [3.05, 3.63) is 36.7 Å². The quantitative estimate of drug-likeness (QED) is 0.739. The van der Waals surface area contributed by atoms with E-state index in [1.54, 1.807) is 6.26 Å². The molecule has 0 radical (unpaired) electrons. The van der Waals surface area contributed by atoms with E-state index >= 15 is 0 Å². The maximum Gasteiger partial charge on any atom is 0.178 e. The highest BCUT2D eigenvalue weighted by atomic mass is 32.2. The number of aromatic nitrogens is 3. The van der Waals surface area contributed by atoms with E-state index in [4.69, 9.17) is 9.40 Å². The zero-order valence-corrected chi connectivity index (χ0v) is 11.8. The van der Waals surface area contributed by atoms with Crippen molar-refractivity contribution in [3.63, 3.8) is 0 Å². The lowest BCUT2D eigenvalue weighted by Gasteiger charge is -2.12. The van der Waals surface area contributed by atoms with E-state index in [0.29, 0.717) is 5.92 Å². The topological polar surface area (TPSA) is 43.9 Å². The summed E-state index contributed by atoms with van der Waals surface area (Å²) in [6, 6.07) is 7.80. The van der Waals surface area contributed by atoms with Crippen LogP contribution in [0.1, 0.15) is 6.42 Å². The molecule has 1 saturated heterocycles. The third kappa shape index (κ3) is 2.02. The van der Waals surface area contributed by atoms with Crippen LogP contribution in [-0.4, -0.2) is 26.0 Å². The second-order valence-electron chi connectivity index (χ2n) is 5.10. The van der Waals surface area contributed by atoms with Crippen molar-refractivity contribution >= 4 is 22.9 Å². The predicted octanol–water partition coefficient (Wildman–Crippen LogP) is 3.44. The Morgan fingerprint density at radius 2 is 2.35 bits per heavy atom. The molecule has 1 aliphatic rings. The Morgan fingerprint density at radius 1 is 1.35 bits per heavy atom.